The molecule has 1 unspecified atom stereocenters. The van der Waals surface area contributed by atoms with Crippen LogP contribution in [-0.4, -0.2) is 26.4 Å². The summed E-state index contributed by atoms with van der Waals surface area (Å²) in [6.45, 7) is 2.26. The van der Waals surface area contributed by atoms with E-state index in [-0.39, 0.29) is 0 Å². The molecule has 2 aromatic carbocycles. The van der Waals surface area contributed by atoms with Crippen LogP contribution < -0.4 is 4.74 Å². The van der Waals surface area contributed by atoms with Gasteiger partial charge in [0.2, 0.25) is 10.0 Å². The van der Waals surface area contributed by atoms with Crippen LogP contribution in [0.2, 0.25) is 0 Å². The van der Waals surface area contributed by atoms with Gasteiger partial charge in [-0.05, 0) is 47.1 Å². The van der Waals surface area contributed by atoms with E-state index in [9.17, 15) is 8.42 Å². The van der Waals surface area contributed by atoms with Gasteiger partial charge < -0.3 is 4.74 Å². The van der Waals surface area contributed by atoms with Gasteiger partial charge >= 0.3 is 0 Å². The number of halogens is 2. The van der Waals surface area contributed by atoms with Crippen molar-refractivity contribution < 1.29 is 13.2 Å². The molecule has 0 spiro atoms. The predicted molar refractivity (Wildman–Crippen MR) is 105 cm³/mol. The van der Waals surface area contributed by atoms with Gasteiger partial charge in [0.15, 0.2) is 0 Å². The van der Waals surface area contributed by atoms with E-state index in [4.69, 9.17) is 4.74 Å². The van der Waals surface area contributed by atoms with E-state index >= 15 is 0 Å². The van der Waals surface area contributed by atoms with Crippen molar-refractivity contribution in [2.24, 2.45) is 0 Å². The monoisotopic (exact) mass is 485 g/mol. The Hall–Kier alpha value is -1.15. The summed E-state index contributed by atoms with van der Waals surface area (Å²) in [6, 6.07) is 10.3. The first kappa shape index (κ1) is 18.6. The summed E-state index contributed by atoms with van der Waals surface area (Å²) in [7, 11) is -2.04. The van der Waals surface area contributed by atoms with Crippen molar-refractivity contribution in [3.8, 4) is 5.75 Å². The molecule has 0 amide bonds. The van der Waals surface area contributed by atoms with Gasteiger partial charge in [-0.25, -0.2) is 8.42 Å². The molecule has 132 valence electrons. The van der Waals surface area contributed by atoms with Gasteiger partial charge in [0.1, 0.15) is 5.75 Å². The molecule has 25 heavy (non-hydrogen) atoms. The molecule has 0 saturated carbocycles. The lowest BCUT2D eigenvalue weighted by Crippen LogP contribution is -2.31. The lowest BCUT2D eigenvalue weighted by atomic mass is 10.1. The molecule has 0 saturated heterocycles. The number of aryl methyl sites for hydroxylation is 1. The van der Waals surface area contributed by atoms with Gasteiger partial charge in [0.05, 0.1) is 22.5 Å². The van der Waals surface area contributed by atoms with Crippen LogP contribution in [0.1, 0.15) is 17.2 Å². The summed E-state index contributed by atoms with van der Waals surface area (Å²) in [4.78, 5) is 0.292. The summed E-state index contributed by atoms with van der Waals surface area (Å²) in [6.07, 6.45) is 3.76. The largest absolute Gasteiger partial charge is 0.495 e. The van der Waals surface area contributed by atoms with Crippen LogP contribution in [-0.2, 0) is 10.0 Å². The molecule has 4 nitrogen and oxygen atoms in total. The lowest BCUT2D eigenvalue weighted by molar-refractivity contribution is 0.378. The molecule has 0 aromatic heterocycles. The Balaban J connectivity index is 2.07. The Labute approximate surface area is 164 Å². The number of hydrogen-bond acceptors (Lipinski definition) is 3. The van der Waals surface area contributed by atoms with Gasteiger partial charge in [-0.15, -0.1) is 0 Å². The molecule has 1 atom stereocenters. The van der Waals surface area contributed by atoms with E-state index in [0.717, 1.165) is 20.1 Å². The smallest absolute Gasteiger partial charge is 0.244 e. The van der Waals surface area contributed by atoms with Crippen LogP contribution >= 0.6 is 31.9 Å². The number of benzene rings is 2. The van der Waals surface area contributed by atoms with Crippen molar-refractivity contribution in [2.75, 3.05) is 13.7 Å². The Kier molecular flexibility index (Phi) is 5.39. The van der Waals surface area contributed by atoms with E-state index in [0.29, 0.717) is 17.2 Å². The molecule has 1 aliphatic heterocycles. The van der Waals surface area contributed by atoms with E-state index in [1.165, 1.54) is 4.31 Å². The van der Waals surface area contributed by atoms with Crippen LogP contribution in [0.3, 0.4) is 0 Å². The summed E-state index contributed by atoms with van der Waals surface area (Å²) in [5.74, 6) is 0.629. The molecule has 1 aliphatic rings. The zero-order valence-electron chi connectivity index (χ0n) is 13.7. The highest BCUT2D eigenvalue weighted by molar-refractivity contribution is 9.11. The highest BCUT2D eigenvalue weighted by Crippen LogP contribution is 2.41. The highest BCUT2D eigenvalue weighted by atomic mass is 79.9. The molecular formula is C18H17Br2NO3S. The maximum Gasteiger partial charge on any atom is 0.244 e. The minimum atomic E-state index is -3.62. The lowest BCUT2D eigenvalue weighted by Gasteiger charge is -2.26. The molecule has 0 aliphatic carbocycles. The molecule has 2 aromatic rings. The second kappa shape index (κ2) is 7.23. The topological polar surface area (TPSA) is 46.6 Å². The molecule has 0 fully saturated rings. The van der Waals surface area contributed by atoms with Crippen LogP contribution in [0, 0.1) is 6.92 Å². The summed E-state index contributed by atoms with van der Waals surface area (Å²) in [5, 5.41) is 0. The quantitative estimate of drug-likeness (QED) is 0.581. The fraction of sp³-hybridized carbons (Fsp3) is 0.222. The second-order valence-corrected chi connectivity index (χ2v) is 9.43. The Morgan fingerprint density at radius 2 is 1.84 bits per heavy atom. The van der Waals surface area contributed by atoms with Gasteiger partial charge in [-0.1, -0.05) is 45.8 Å². The van der Waals surface area contributed by atoms with Crippen molar-refractivity contribution in [3.05, 3.63) is 68.6 Å². The third kappa shape index (κ3) is 3.56. The van der Waals surface area contributed by atoms with Crippen LogP contribution in [0.4, 0.5) is 0 Å². The first-order chi connectivity index (χ1) is 11.8. The molecule has 0 N–H and O–H groups in total. The minimum Gasteiger partial charge on any atom is -0.495 e. The van der Waals surface area contributed by atoms with Gasteiger partial charge in [-0.2, -0.15) is 4.31 Å². The standard InChI is InChI=1S/C18H17Br2NO3S/c1-12-5-7-14(8-6-12)25(22,23)21-9-3-4-17(21)15-10-13(19)11-16(20)18(15)24-2/h3-8,10-11,17H,9H2,1-2H3. The van der Waals surface area contributed by atoms with Crippen LogP contribution in [0.25, 0.3) is 0 Å². The summed E-state index contributed by atoms with van der Waals surface area (Å²) in [5.41, 5.74) is 1.81. The van der Waals surface area contributed by atoms with Gasteiger partial charge in [0.25, 0.3) is 0 Å². The molecule has 0 bridgehead atoms. The van der Waals surface area contributed by atoms with E-state index in [1.54, 1.807) is 19.2 Å². The number of hydrogen-bond donors (Lipinski definition) is 0. The van der Waals surface area contributed by atoms with Crippen molar-refractivity contribution in [1.82, 2.24) is 4.31 Å². The fourth-order valence-electron chi connectivity index (χ4n) is 2.87. The number of methoxy groups -OCH3 is 1. The number of rotatable bonds is 4. The van der Waals surface area contributed by atoms with Gasteiger partial charge in [0, 0.05) is 16.6 Å². The average molecular weight is 487 g/mol. The number of sulfonamides is 1. The Bertz CT molecular complexity index is 924. The van der Waals surface area contributed by atoms with Gasteiger partial charge in [-0.3, -0.25) is 0 Å². The zero-order chi connectivity index (χ0) is 18.2. The van der Waals surface area contributed by atoms with Crippen molar-refractivity contribution in [3.63, 3.8) is 0 Å². The second-order valence-electron chi connectivity index (χ2n) is 5.77. The number of nitrogens with zero attached hydrogens (tertiary/aromatic N) is 1. The molecular weight excluding hydrogens is 470 g/mol. The average Bonchev–Trinajstić information content (AvgIpc) is 3.05. The van der Waals surface area contributed by atoms with Crippen molar-refractivity contribution >= 4 is 41.9 Å². The van der Waals surface area contributed by atoms with Crippen molar-refractivity contribution in [2.45, 2.75) is 17.9 Å². The normalized spacial score (nSPS) is 17.8. The zero-order valence-corrected chi connectivity index (χ0v) is 17.7. The third-order valence-electron chi connectivity index (χ3n) is 4.10. The maximum atomic E-state index is 13.1. The Morgan fingerprint density at radius 1 is 1.16 bits per heavy atom. The molecule has 7 heteroatoms. The maximum absolute atomic E-state index is 13.1. The molecule has 3 rings (SSSR count). The molecule has 0 radical (unpaired) electrons. The summed E-state index contributed by atoms with van der Waals surface area (Å²) >= 11 is 6.95. The van der Waals surface area contributed by atoms with E-state index in [1.807, 2.05) is 43.3 Å². The molecule has 1 heterocycles. The SMILES string of the molecule is COc1c(Br)cc(Br)cc1C1C=CCN1S(=O)(=O)c1ccc(C)cc1. The van der Waals surface area contributed by atoms with E-state index in [2.05, 4.69) is 31.9 Å². The predicted octanol–water partition coefficient (Wildman–Crippen LogP) is 4.83. The highest BCUT2D eigenvalue weighted by Gasteiger charge is 2.35. The third-order valence-corrected chi connectivity index (χ3v) is 7.01. The fourth-order valence-corrected chi connectivity index (χ4v) is 5.81. The van der Waals surface area contributed by atoms with Crippen LogP contribution in [0.5, 0.6) is 5.75 Å². The minimum absolute atomic E-state index is 0.292. The van der Waals surface area contributed by atoms with E-state index < -0.39 is 16.1 Å². The van der Waals surface area contributed by atoms with Crippen molar-refractivity contribution in [1.29, 1.82) is 0 Å². The first-order valence-corrected chi connectivity index (χ1v) is 10.7. The number of ether oxygens (including phenoxy) is 1. The first-order valence-electron chi connectivity index (χ1n) is 7.62. The summed E-state index contributed by atoms with van der Waals surface area (Å²) < 4.78 is 34.8. The van der Waals surface area contributed by atoms with Crippen LogP contribution in [0.15, 0.2) is 62.4 Å². The Morgan fingerprint density at radius 3 is 2.48 bits per heavy atom.